The van der Waals surface area contributed by atoms with Crippen LogP contribution in [-0.4, -0.2) is 59.0 Å². The normalized spacial score (nSPS) is 17.3. The van der Waals surface area contributed by atoms with E-state index in [-0.39, 0.29) is 66.5 Å². The highest BCUT2D eigenvalue weighted by Crippen LogP contribution is 2.47. The maximum Gasteiger partial charge on any atom is 0.361 e. The Morgan fingerprint density at radius 2 is 1.85 bits per heavy atom. The van der Waals surface area contributed by atoms with Crippen LogP contribution in [0.25, 0.3) is 10.9 Å². The number of hydrogen-bond donors (Lipinski definition) is 1. The maximum atomic E-state index is 14.5. The van der Waals surface area contributed by atoms with Crippen LogP contribution in [0, 0.1) is 5.82 Å². The van der Waals surface area contributed by atoms with Crippen molar-refractivity contribution in [3.05, 3.63) is 64.6 Å². The van der Waals surface area contributed by atoms with Crippen LogP contribution in [0.4, 0.5) is 8.78 Å². The number of nitrogens with zero attached hydrogens (tertiary/aromatic N) is 2. The third kappa shape index (κ3) is 6.54. The molecule has 0 spiro atoms. The van der Waals surface area contributed by atoms with E-state index in [0.29, 0.717) is 10.9 Å². The lowest BCUT2D eigenvalue weighted by Crippen LogP contribution is -2.46. The van der Waals surface area contributed by atoms with E-state index in [1.54, 1.807) is 38.1 Å². The Labute approximate surface area is 241 Å². The quantitative estimate of drug-likeness (QED) is 0.248. The van der Waals surface area contributed by atoms with E-state index in [1.807, 2.05) is 0 Å². The molecule has 13 heteroatoms. The molecule has 9 nitrogen and oxygen atoms in total. The van der Waals surface area contributed by atoms with Crippen LogP contribution < -0.4 is 10.6 Å². The fraction of sp³-hybridized carbons (Fsp3) is 0.393. The lowest BCUT2D eigenvalue weighted by Gasteiger charge is -2.24. The molecule has 220 valence electrons. The van der Waals surface area contributed by atoms with Crippen molar-refractivity contribution in [1.82, 2.24) is 14.8 Å². The number of fused-ring (bicyclic) bond motifs is 1. The van der Waals surface area contributed by atoms with Gasteiger partial charge in [0.05, 0.1) is 30.1 Å². The van der Waals surface area contributed by atoms with Crippen molar-refractivity contribution in [2.45, 2.75) is 52.5 Å². The molecule has 3 aromatic rings. The van der Waals surface area contributed by atoms with Gasteiger partial charge in [-0.05, 0) is 45.0 Å². The van der Waals surface area contributed by atoms with Gasteiger partial charge in [0.2, 0.25) is 11.8 Å². The van der Waals surface area contributed by atoms with Crippen LogP contribution in [0.2, 0.25) is 5.02 Å². The molecule has 0 aliphatic carbocycles. The fourth-order valence-corrected chi connectivity index (χ4v) is 6.71. The zero-order valence-electron chi connectivity index (χ0n) is 22.9. The van der Waals surface area contributed by atoms with Crippen LogP contribution in [0.1, 0.15) is 43.1 Å². The first kappa shape index (κ1) is 30.8. The molecule has 1 fully saturated rings. The SMILES string of the molecule is CCOP(=O)(OCC)c1ccc2c(c1)c(C(C)=O)cn2CC(=O)N1C[C@H](F)C[C@H]1C(=O)NCc1cccc(Cl)c1F. The summed E-state index contributed by atoms with van der Waals surface area (Å²) in [6, 6.07) is 8.02. The third-order valence-corrected chi connectivity index (χ3v) is 9.22. The minimum absolute atomic E-state index is 0.0900. The molecular weight excluding hydrogens is 579 g/mol. The Morgan fingerprint density at radius 1 is 1.15 bits per heavy atom. The fourth-order valence-electron chi connectivity index (χ4n) is 4.92. The summed E-state index contributed by atoms with van der Waals surface area (Å²) in [4.78, 5) is 39.9. The summed E-state index contributed by atoms with van der Waals surface area (Å²) in [5.41, 5.74) is 0.948. The van der Waals surface area contributed by atoms with Gasteiger partial charge in [-0.1, -0.05) is 23.7 Å². The number of Topliss-reactive ketones (excluding diaryl/α,β-unsaturated/α-hetero) is 1. The molecule has 4 rings (SSSR count). The maximum absolute atomic E-state index is 14.5. The Morgan fingerprint density at radius 3 is 2.51 bits per heavy atom. The number of hydrogen-bond acceptors (Lipinski definition) is 6. The first-order valence-electron chi connectivity index (χ1n) is 13.2. The number of alkyl halides is 1. The molecule has 0 bridgehead atoms. The average molecular weight is 610 g/mol. The van der Waals surface area contributed by atoms with E-state index < -0.39 is 37.4 Å². The van der Waals surface area contributed by atoms with Crippen LogP contribution in [0.15, 0.2) is 42.6 Å². The predicted molar refractivity (Wildman–Crippen MR) is 151 cm³/mol. The van der Waals surface area contributed by atoms with Crippen molar-refractivity contribution in [3.8, 4) is 0 Å². The van der Waals surface area contributed by atoms with Gasteiger partial charge in [-0.25, -0.2) is 8.78 Å². The molecule has 0 unspecified atom stereocenters. The predicted octanol–water partition coefficient (Wildman–Crippen LogP) is 4.78. The highest BCUT2D eigenvalue weighted by atomic mass is 35.5. The monoisotopic (exact) mass is 609 g/mol. The summed E-state index contributed by atoms with van der Waals surface area (Å²) in [6.45, 7) is 4.31. The van der Waals surface area contributed by atoms with Gasteiger partial charge in [-0.2, -0.15) is 0 Å². The lowest BCUT2D eigenvalue weighted by molar-refractivity contribution is -0.139. The van der Waals surface area contributed by atoms with Gasteiger partial charge in [0.15, 0.2) is 5.78 Å². The zero-order valence-corrected chi connectivity index (χ0v) is 24.5. The number of carbonyl (C=O) groups is 3. The Balaban J connectivity index is 1.57. The topological polar surface area (TPSA) is 107 Å². The summed E-state index contributed by atoms with van der Waals surface area (Å²) >= 11 is 5.80. The van der Waals surface area contributed by atoms with E-state index in [1.165, 1.54) is 29.8 Å². The van der Waals surface area contributed by atoms with Crippen LogP contribution in [0.5, 0.6) is 0 Å². The second-order valence-corrected chi connectivity index (χ2v) is 12.0. The third-order valence-electron chi connectivity index (χ3n) is 6.82. The van der Waals surface area contributed by atoms with Crippen molar-refractivity contribution >= 4 is 53.0 Å². The molecule has 1 aliphatic heterocycles. The van der Waals surface area contributed by atoms with Crippen molar-refractivity contribution < 1.29 is 36.8 Å². The van der Waals surface area contributed by atoms with E-state index in [4.69, 9.17) is 20.6 Å². The van der Waals surface area contributed by atoms with Gasteiger partial charge in [0, 0.05) is 41.2 Å². The first-order valence-corrected chi connectivity index (χ1v) is 15.1. The van der Waals surface area contributed by atoms with Crippen molar-refractivity contribution in [2.75, 3.05) is 19.8 Å². The zero-order chi connectivity index (χ0) is 29.9. The number of nitrogens with one attached hydrogen (secondary N) is 1. The molecule has 2 atom stereocenters. The molecule has 41 heavy (non-hydrogen) atoms. The number of rotatable bonds is 11. The van der Waals surface area contributed by atoms with Gasteiger partial charge in [0.25, 0.3) is 0 Å². The van der Waals surface area contributed by atoms with Crippen molar-refractivity contribution in [3.63, 3.8) is 0 Å². The number of aromatic nitrogens is 1. The standard InChI is InChI=1S/C28H31ClF2N3O6P/c1-4-39-41(38,40-5-2)20-9-10-24-21(12-20)22(17(3)35)15-33(24)16-26(36)34-14-19(30)11-25(34)28(37)32-13-18-7-6-8-23(29)27(18)31/h6-10,12,15,19,25H,4-5,11,13-14,16H2,1-3H3,(H,32,37)/t19-,25+/m1/s1. The number of carbonyl (C=O) groups excluding carboxylic acids is 3. The summed E-state index contributed by atoms with van der Waals surface area (Å²) in [5, 5.41) is 3.20. The molecular formula is C28H31ClF2N3O6P. The number of ketones is 1. The van der Waals surface area contributed by atoms with Gasteiger partial charge in [-0.15, -0.1) is 0 Å². The molecule has 2 aromatic carbocycles. The Bertz CT molecular complexity index is 1520. The smallest absolute Gasteiger partial charge is 0.350 e. The highest BCUT2D eigenvalue weighted by Gasteiger charge is 2.40. The van der Waals surface area contributed by atoms with Crippen molar-refractivity contribution in [1.29, 1.82) is 0 Å². The van der Waals surface area contributed by atoms with Crippen LogP contribution in [0.3, 0.4) is 0 Å². The Kier molecular flexibility index (Phi) is 9.64. The van der Waals surface area contributed by atoms with Crippen LogP contribution in [-0.2, 0) is 36.3 Å². The lowest BCUT2D eigenvalue weighted by atomic mass is 10.1. The average Bonchev–Trinajstić information content (AvgIpc) is 3.50. The molecule has 2 amide bonds. The van der Waals surface area contributed by atoms with Gasteiger partial charge >= 0.3 is 7.60 Å². The molecule has 1 N–H and O–H groups in total. The second kappa shape index (κ2) is 12.8. The molecule has 0 radical (unpaired) electrons. The van der Waals surface area contributed by atoms with E-state index in [9.17, 15) is 27.7 Å². The minimum atomic E-state index is -3.64. The molecule has 0 saturated carbocycles. The van der Waals surface area contributed by atoms with Crippen molar-refractivity contribution in [2.24, 2.45) is 0 Å². The molecule has 1 aromatic heterocycles. The number of likely N-dealkylation sites (tertiary alicyclic amines) is 1. The number of halogens is 3. The number of benzene rings is 2. The van der Waals surface area contributed by atoms with Crippen LogP contribution >= 0.6 is 19.2 Å². The van der Waals surface area contributed by atoms with E-state index in [2.05, 4.69) is 5.32 Å². The van der Waals surface area contributed by atoms with Gasteiger partial charge in [-0.3, -0.25) is 18.9 Å². The second-order valence-electron chi connectivity index (χ2n) is 9.59. The molecule has 2 heterocycles. The summed E-state index contributed by atoms with van der Waals surface area (Å²) in [7, 11) is -3.64. The molecule has 1 saturated heterocycles. The molecule has 1 aliphatic rings. The summed E-state index contributed by atoms with van der Waals surface area (Å²) in [6.07, 6.45) is -0.115. The summed E-state index contributed by atoms with van der Waals surface area (Å²) < 4.78 is 54.4. The largest absolute Gasteiger partial charge is 0.361 e. The highest BCUT2D eigenvalue weighted by molar-refractivity contribution is 7.62. The minimum Gasteiger partial charge on any atom is -0.350 e. The number of amides is 2. The first-order chi connectivity index (χ1) is 19.5. The van der Waals surface area contributed by atoms with Gasteiger partial charge in [0.1, 0.15) is 24.6 Å². The van der Waals surface area contributed by atoms with E-state index in [0.717, 1.165) is 4.90 Å². The summed E-state index contributed by atoms with van der Waals surface area (Å²) in [5.74, 6) is -2.10. The van der Waals surface area contributed by atoms with E-state index >= 15 is 0 Å². The Hall–Kier alpha value is -3.11. The van der Waals surface area contributed by atoms with Gasteiger partial charge < -0.3 is 23.8 Å².